The Kier molecular flexibility index (Phi) is 4.25. The van der Waals surface area contributed by atoms with Crippen LogP contribution in [-0.2, 0) is 4.79 Å². The fraction of sp³-hybridized carbons (Fsp3) is 0.188. The number of nitrogen functional groups attached to an aromatic ring is 1. The maximum Gasteiger partial charge on any atom is 0.262 e. The summed E-state index contributed by atoms with van der Waals surface area (Å²) in [5.74, 6) is 0.518. The zero-order valence-corrected chi connectivity index (χ0v) is 11.6. The molecule has 0 aromatic heterocycles. The standard InChI is InChI=1S/C16H18N2O2/c1-11-5-3-8-15(12(11)2)20-10-16(19)18-14-7-4-6-13(17)9-14/h3-9H,10,17H2,1-2H3,(H,18,19). The molecule has 0 spiro atoms. The van der Waals surface area contributed by atoms with Gasteiger partial charge < -0.3 is 15.8 Å². The third kappa shape index (κ3) is 3.51. The first-order chi connectivity index (χ1) is 9.56. The molecule has 0 fully saturated rings. The van der Waals surface area contributed by atoms with Gasteiger partial charge in [-0.25, -0.2) is 0 Å². The van der Waals surface area contributed by atoms with Crippen LogP contribution >= 0.6 is 0 Å². The van der Waals surface area contributed by atoms with Crippen molar-refractivity contribution in [3.8, 4) is 5.75 Å². The van der Waals surface area contributed by atoms with Gasteiger partial charge in [0.1, 0.15) is 5.75 Å². The summed E-state index contributed by atoms with van der Waals surface area (Å²) in [7, 11) is 0. The smallest absolute Gasteiger partial charge is 0.262 e. The van der Waals surface area contributed by atoms with Gasteiger partial charge in [0.2, 0.25) is 0 Å². The van der Waals surface area contributed by atoms with Gasteiger partial charge in [0.05, 0.1) is 0 Å². The first kappa shape index (κ1) is 13.9. The Balaban J connectivity index is 1.94. The van der Waals surface area contributed by atoms with E-state index in [-0.39, 0.29) is 12.5 Å². The van der Waals surface area contributed by atoms with Gasteiger partial charge in [-0.3, -0.25) is 4.79 Å². The number of anilines is 2. The topological polar surface area (TPSA) is 64.3 Å². The molecule has 0 heterocycles. The van der Waals surface area contributed by atoms with E-state index in [9.17, 15) is 4.79 Å². The van der Waals surface area contributed by atoms with Gasteiger partial charge in [-0.2, -0.15) is 0 Å². The molecule has 0 saturated heterocycles. The number of nitrogens with two attached hydrogens (primary N) is 1. The maximum atomic E-state index is 11.8. The zero-order chi connectivity index (χ0) is 14.5. The summed E-state index contributed by atoms with van der Waals surface area (Å²) in [6, 6.07) is 12.8. The van der Waals surface area contributed by atoms with E-state index >= 15 is 0 Å². The Morgan fingerprint density at radius 3 is 2.70 bits per heavy atom. The molecular weight excluding hydrogens is 252 g/mol. The van der Waals surface area contributed by atoms with E-state index < -0.39 is 0 Å². The highest BCUT2D eigenvalue weighted by Crippen LogP contribution is 2.20. The summed E-state index contributed by atoms with van der Waals surface area (Å²) < 4.78 is 5.54. The van der Waals surface area contributed by atoms with Crippen LogP contribution in [0.5, 0.6) is 5.75 Å². The Labute approximate surface area is 118 Å². The molecule has 0 aliphatic carbocycles. The van der Waals surface area contributed by atoms with Crippen LogP contribution in [0, 0.1) is 13.8 Å². The third-order valence-electron chi connectivity index (χ3n) is 3.08. The van der Waals surface area contributed by atoms with Gasteiger partial charge in [-0.15, -0.1) is 0 Å². The van der Waals surface area contributed by atoms with Crippen molar-refractivity contribution in [2.75, 3.05) is 17.7 Å². The van der Waals surface area contributed by atoms with Crippen molar-refractivity contribution in [3.05, 3.63) is 53.6 Å². The summed E-state index contributed by atoms with van der Waals surface area (Å²) in [6.45, 7) is 3.95. The largest absolute Gasteiger partial charge is 0.483 e. The lowest BCUT2D eigenvalue weighted by Crippen LogP contribution is -2.20. The minimum absolute atomic E-state index is 0.0287. The summed E-state index contributed by atoms with van der Waals surface area (Å²) in [5, 5.41) is 2.74. The minimum Gasteiger partial charge on any atom is -0.483 e. The Morgan fingerprint density at radius 2 is 1.95 bits per heavy atom. The number of ether oxygens (including phenoxy) is 1. The predicted molar refractivity (Wildman–Crippen MR) is 80.9 cm³/mol. The quantitative estimate of drug-likeness (QED) is 0.840. The molecular formula is C16H18N2O2. The molecule has 20 heavy (non-hydrogen) atoms. The van der Waals surface area contributed by atoms with E-state index in [1.165, 1.54) is 0 Å². The van der Waals surface area contributed by atoms with Crippen molar-refractivity contribution in [3.63, 3.8) is 0 Å². The van der Waals surface area contributed by atoms with Gasteiger partial charge in [0, 0.05) is 11.4 Å². The first-order valence-corrected chi connectivity index (χ1v) is 6.40. The predicted octanol–water partition coefficient (Wildman–Crippen LogP) is 2.90. The normalized spacial score (nSPS) is 10.1. The molecule has 4 heteroatoms. The summed E-state index contributed by atoms with van der Waals surface area (Å²) in [6.07, 6.45) is 0. The maximum absolute atomic E-state index is 11.8. The number of hydrogen-bond acceptors (Lipinski definition) is 3. The molecule has 0 bridgehead atoms. The number of aryl methyl sites for hydroxylation is 1. The van der Waals surface area contributed by atoms with Crippen LogP contribution in [0.3, 0.4) is 0 Å². The van der Waals surface area contributed by atoms with Crippen LogP contribution < -0.4 is 15.8 Å². The Hall–Kier alpha value is -2.49. The number of amides is 1. The van der Waals surface area contributed by atoms with Crippen molar-refractivity contribution in [1.82, 2.24) is 0 Å². The summed E-state index contributed by atoms with van der Waals surface area (Å²) in [4.78, 5) is 11.8. The molecule has 1 amide bonds. The van der Waals surface area contributed by atoms with E-state index in [2.05, 4.69) is 5.32 Å². The van der Waals surface area contributed by atoms with Gasteiger partial charge in [-0.05, 0) is 49.2 Å². The molecule has 0 saturated carbocycles. The molecule has 0 aliphatic heterocycles. The van der Waals surface area contributed by atoms with E-state index in [0.29, 0.717) is 11.4 Å². The third-order valence-corrected chi connectivity index (χ3v) is 3.08. The van der Waals surface area contributed by atoms with Crippen molar-refractivity contribution in [2.24, 2.45) is 0 Å². The van der Waals surface area contributed by atoms with Crippen LogP contribution in [-0.4, -0.2) is 12.5 Å². The highest BCUT2D eigenvalue weighted by Gasteiger charge is 2.06. The molecule has 4 nitrogen and oxygen atoms in total. The lowest BCUT2D eigenvalue weighted by atomic mass is 10.1. The van der Waals surface area contributed by atoms with Crippen molar-refractivity contribution >= 4 is 17.3 Å². The van der Waals surface area contributed by atoms with E-state index in [0.717, 1.165) is 16.9 Å². The molecule has 0 aliphatic rings. The molecule has 3 N–H and O–H groups in total. The van der Waals surface area contributed by atoms with Gasteiger partial charge in [0.25, 0.3) is 5.91 Å². The van der Waals surface area contributed by atoms with E-state index in [1.54, 1.807) is 24.3 Å². The minimum atomic E-state index is -0.212. The molecule has 0 unspecified atom stereocenters. The van der Waals surface area contributed by atoms with Crippen LogP contribution in [0.25, 0.3) is 0 Å². The van der Waals surface area contributed by atoms with E-state index in [4.69, 9.17) is 10.5 Å². The SMILES string of the molecule is Cc1cccc(OCC(=O)Nc2cccc(N)c2)c1C. The number of rotatable bonds is 4. The van der Waals surface area contributed by atoms with Crippen LogP contribution in [0.2, 0.25) is 0 Å². The Bertz CT molecular complexity index is 624. The van der Waals surface area contributed by atoms with Crippen molar-refractivity contribution in [1.29, 1.82) is 0 Å². The molecule has 0 atom stereocenters. The summed E-state index contributed by atoms with van der Waals surface area (Å²) >= 11 is 0. The summed E-state index contributed by atoms with van der Waals surface area (Å²) in [5.41, 5.74) is 9.11. The van der Waals surface area contributed by atoms with Crippen LogP contribution in [0.4, 0.5) is 11.4 Å². The van der Waals surface area contributed by atoms with Crippen LogP contribution in [0.1, 0.15) is 11.1 Å². The highest BCUT2D eigenvalue weighted by atomic mass is 16.5. The fourth-order valence-corrected chi connectivity index (χ4v) is 1.84. The molecule has 2 aromatic carbocycles. The zero-order valence-electron chi connectivity index (χ0n) is 11.6. The second-order valence-electron chi connectivity index (χ2n) is 4.66. The van der Waals surface area contributed by atoms with Gasteiger partial charge >= 0.3 is 0 Å². The number of carbonyl (C=O) groups excluding carboxylic acids is 1. The average Bonchev–Trinajstić information content (AvgIpc) is 2.40. The lowest BCUT2D eigenvalue weighted by Gasteiger charge is -2.11. The molecule has 0 radical (unpaired) electrons. The number of carbonyl (C=O) groups is 1. The van der Waals surface area contributed by atoms with Crippen LogP contribution in [0.15, 0.2) is 42.5 Å². The average molecular weight is 270 g/mol. The van der Waals surface area contributed by atoms with Gasteiger partial charge in [-0.1, -0.05) is 18.2 Å². The Morgan fingerprint density at radius 1 is 1.20 bits per heavy atom. The highest BCUT2D eigenvalue weighted by molar-refractivity contribution is 5.92. The van der Waals surface area contributed by atoms with Gasteiger partial charge in [0.15, 0.2) is 6.61 Å². The molecule has 2 rings (SSSR count). The second kappa shape index (κ2) is 6.10. The first-order valence-electron chi connectivity index (χ1n) is 6.40. The number of benzene rings is 2. The second-order valence-corrected chi connectivity index (χ2v) is 4.66. The lowest BCUT2D eigenvalue weighted by molar-refractivity contribution is -0.118. The van der Waals surface area contributed by atoms with Crippen molar-refractivity contribution in [2.45, 2.75) is 13.8 Å². The number of hydrogen-bond donors (Lipinski definition) is 2. The van der Waals surface area contributed by atoms with Crippen molar-refractivity contribution < 1.29 is 9.53 Å². The fourth-order valence-electron chi connectivity index (χ4n) is 1.84. The molecule has 104 valence electrons. The monoisotopic (exact) mass is 270 g/mol. The van der Waals surface area contributed by atoms with E-state index in [1.807, 2.05) is 32.0 Å². The molecule has 2 aromatic rings. The number of nitrogens with one attached hydrogen (secondary N) is 1.